The third-order valence-electron chi connectivity index (χ3n) is 2.01. The van der Waals surface area contributed by atoms with Crippen molar-refractivity contribution in [1.29, 1.82) is 5.41 Å². The molecule has 0 unspecified atom stereocenters. The molecule has 0 radical (unpaired) electrons. The van der Waals surface area contributed by atoms with Gasteiger partial charge in [0, 0.05) is 10.7 Å². The highest BCUT2D eigenvalue weighted by molar-refractivity contribution is 6.32. The molecule has 1 aromatic rings. The summed E-state index contributed by atoms with van der Waals surface area (Å²) in [7, 11) is 0. The third kappa shape index (κ3) is 3.37. The minimum Gasteiger partial charge on any atom is -0.306 e. The zero-order chi connectivity index (χ0) is 11.3. The molecule has 0 heterocycles. The van der Waals surface area contributed by atoms with Crippen LogP contribution in [0.4, 0.5) is 0 Å². The molecule has 0 bridgehead atoms. The quantitative estimate of drug-likeness (QED) is 0.578. The minimum atomic E-state index is 0.529. The maximum absolute atomic E-state index is 7.33. The molecule has 1 nitrogen and oxygen atoms in total. The lowest BCUT2D eigenvalue weighted by Gasteiger charge is -2.04. The second-order valence-electron chi connectivity index (χ2n) is 3.24. The minimum absolute atomic E-state index is 0.529. The number of allylic oxidation sites excluding steroid dienone is 4. The smallest absolute Gasteiger partial charge is 0.0484 e. The first-order chi connectivity index (χ1) is 7.15. The Morgan fingerprint density at radius 2 is 1.93 bits per heavy atom. The average molecular weight is 220 g/mol. The molecule has 0 saturated carbocycles. The zero-order valence-corrected chi connectivity index (χ0v) is 9.68. The van der Waals surface area contributed by atoms with E-state index in [4.69, 9.17) is 17.0 Å². The van der Waals surface area contributed by atoms with E-state index in [2.05, 4.69) is 0 Å². The first kappa shape index (κ1) is 11.7. The van der Waals surface area contributed by atoms with Crippen molar-refractivity contribution in [3.8, 4) is 0 Å². The van der Waals surface area contributed by atoms with E-state index in [1.807, 2.05) is 43.3 Å². The fourth-order valence-electron chi connectivity index (χ4n) is 1.25. The normalized spacial score (nSPS) is 12.1. The average Bonchev–Trinajstić information content (AvgIpc) is 2.21. The molecule has 0 saturated heterocycles. The van der Waals surface area contributed by atoms with Crippen molar-refractivity contribution in [1.82, 2.24) is 0 Å². The lowest BCUT2D eigenvalue weighted by atomic mass is 10.0. The standard InChI is InChI=1S/C13H14ClN/c1-3-11(9-8-10(2)15)12-6-4-5-7-13(12)14/h3-9,15H,1-2H3/b9-8-,11-3+,15-10?. The highest BCUT2D eigenvalue weighted by Crippen LogP contribution is 2.24. The van der Waals surface area contributed by atoms with Crippen LogP contribution in [-0.2, 0) is 0 Å². The lowest BCUT2D eigenvalue weighted by Crippen LogP contribution is -1.84. The predicted octanol–water partition coefficient (Wildman–Crippen LogP) is 4.34. The van der Waals surface area contributed by atoms with E-state index in [1.165, 1.54) is 0 Å². The maximum atomic E-state index is 7.33. The van der Waals surface area contributed by atoms with Crippen LogP contribution in [0, 0.1) is 5.41 Å². The van der Waals surface area contributed by atoms with E-state index < -0.39 is 0 Å². The highest BCUT2D eigenvalue weighted by Gasteiger charge is 2.01. The maximum Gasteiger partial charge on any atom is 0.0484 e. The second-order valence-corrected chi connectivity index (χ2v) is 3.65. The van der Waals surface area contributed by atoms with E-state index in [-0.39, 0.29) is 0 Å². The monoisotopic (exact) mass is 219 g/mol. The molecule has 0 aliphatic rings. The van der Waals surface area contributed by atoms with Gasteiger partial charge in [0.1, 0.15) is 0 Å². The van der Waals surface area contributed by atoms with Gasteiger partial charge >= 0.3 is 0 Å². The Kier molecular flexibility index (Phi) is 4.32. The van der Waals surface area contributed by atoms with Crippen LogP contribution in [0.25, 0.3) is 5.57 Å². The molecule has 1 aromatic carbocycles. The number of benzene rings is 1. The summed E-state index contributed by atoms with van der Waals surface area (Å²) in [6, 6.07) is 7.70. The van der Waals surface area contributed by atoms with Crippen molar-refractivity contribution in [2.75, 3.05) is 0 Å². The van der Waals surface area contributed by atoms with Crippen molar-refractivity contribution in [2.24, 2.45) is 0 Å². The fourth-order valence-corrected chi connectivity index (χ4v) is 1.50. The van der Waals surface area contributed by atoms with Crippen LogP contribution in [0.1, 0.15) is 19.4 Å². The molecular formula is C13H14ClN. The van der Waals surface area contributed by atoms with Gasteiger partial charge in [-0.15, -0.1) is 0 Å². The van der Waals surface area contributed by atoms with Gasteiger partial charge in [0.25, 0.3) is 0 Å². The van der Waals surface area contributed by atoms with Gasteiger partial charge in [-0.25, -0.2) is 0 Å². The summed E-state index contributed by atoms with van der Waals surface area (Å²) in [6.45, 7) is 3.71. The molecule has 0 spiro atoms. The molecule has 15 heavy (non-hydrogen) atoms. The molecule has 0 fully saturated rings. The Morgan fingerprint density at radius 3 is 2.47 bits per heavy atom. The summed E-state index contributed by atoms with van der Waals surface area (Å²) in [6.07, 6.45) is 5.66. The van der Waals surface area contributed by atoms with Gasteiger partial charge in [-0.05, 0) is 37.1 Å². The second kappa shape index (κ2) is 5.52. The van der Waals surface area contributed by atoms with Crippen molar-refractivity contribution in [3.63, 3.8) is 0 Å². The van der Waals surface area contributed by atoms with Crippen LogP contribution < -0.4 is 0 Å². The van der Waals surface area contributed by atoms with Gasteiger partial charge in [0.15, 0.2) is 0 Å². The Balaban J connectivity index is 3.05. The van der Waals surface area contributed by atoms with Crippen LogP contribution in [0.5, 0.6) is 0 Å². The number of hydrogen-bond donors (Lipinski definition) is 1. The Morgan fingerprint density at radius 1 is 1.27 bits per heavy atom. The van der Waals surface area contributed by atoms with Crippen molar-refractivity contribution < 1.29 is 0 Å². The molecule has 0 atom stereocenters. The van der Waals surface area contributed by atoms with E-state index in [1.54, 1.807) is 13.0 Å². The molecular weight excluding hydrogens is 206 g/mol. The fraction of sp³-hybridized carbons (Fsp3) is 0.154. The summed E-state index contributed by atoms with van der Waals surface area (Å²) in [4.78, 5) is 0. The number of nitrogens with one attached hydrogen (secondary N) is 1. The van der Waals surface area contributed by atoms with Crippen LogP contribution in [0.15, 0.2) is 42.5 Å². The lowest BCUT2D eigenvalue weighted by molar-refractivity contribution is 1.50. The molecule has 1 rings (SSSR count). The third-order valence-corrected chi connectivity index (χ3v) is 2.34. The van der Waals surface area contributed by atoms with Gasteiger partial charge in [-0.3, -0.25) is 0 Å². The summed E-state index contributed by atoms with van der Waals surface area (Å²) in [5.41, 5.74) is 2.56. The number of halogens is 1. The number of hydrogen-bond acceptors (Lipinski definition) is 1. The Labute approximate surface area is 95.6 Å². The molecule has 0 amide bonds. The molecule has 1 N–H and O–H groups in total. The van der Waals surface area contributed by atoms with Crippen molar-refractivity contribution in [2.45, 2.75) is 13.8 Å². The summed E-state index contributed by atoms with van der Waals surface area (Å²) >= 11 is 6.08. The van der Waals surface area contributed by atoms with E-state index in [9.17, 15) is 0 Å². The first-order valence-corrected chi connectivity index (χ1v) is 5.17. The van der Waals surface area contributed by atoms with Gasteiger partial charge < -0.3 is 5.41 Å². The molecule has 2 heteroatoms. The predicted molar refractivity (Wildman–Crippen MR) is 67.6 cm³/mol. The zero-order valence-electron chi connectivity index (χ0n) is 8.92. The summed E-state index contributed by atoms with van der Waals surface area (Å²) < 4.78 is 0. The summed E-state index contributed by atoms with van der Waals surface area (Å²) in [5.74, 6) is 0. The van der Waals surface area contributed by atoms with Crippen LogP contribution >= 0.6 is 11.6 Å². The van der Waals surface area contributed by atoms with Gasteiger partial charge in [-0.2, -0.15) is 0 Å². The number of rotatable bonds is 3. The largest absolute Gasteiger partial charge is 0.306 e. The van der Waals surface area contributed by atoms with Crippen molar-refractivity contribution >= 4 is 22.9 Å². The van der Waals surface area contributed by atoms with Crippen molar-refractivity contribution in [3.05, 3.63) is 53.1 Å². The Bertz CT molecular complexity index is 416. The van der Waals surface area contributed by atoms with E-state index >= 15 is 0 Å². The SMILES string of the molecule is C/C=C(\C=C/C(C)=N)c1ccccc1Cl. The van der Waals surface area contributed by atoms with E-state index in [0.717, 1.165) is 16.2 Å². The van der Waals surface area contributed by atoms with Crippen LogP contribution in [-0.4, -0.2) is 5.71 Å². The highest BCUT2D eigenvalue weighted by atomic mass is 35.5. The van der Waals surface area contributed by atoms with Gasteiger partial charge in [-0.1, -0.05) is 42.0 Å². The van der Waals surface area contributed by atoms with Crippen LogP contribution in [0.2, 0.25) is 5.02 Å². The molecule has 0 aliphatic carbocycles. The van der Waals surface area contributed by atoms with Gasteiger partial charge in [0.2, 0.25) is 0 Å². The summed E-state index contributed by atoms with van der Waals surface area (Å²) in [5, 5.41) is 8.07. The van der Waals surface area contributed by atoms with Crippen LogP contribution in [0.3, 0.4) is 0 Å². The first-order valence-electron chi connectivity index (χ1n) is 4.79. The molecule has 0 aliphatic heterocycles. The molecule has 0 aromatic heterocycles. The topological polar surface area (TPSA) is 23.9 Å². The Hall–Kier alpha value is -1.34. The van der Waals surface area contributed by atoms with Gasteiger partial charge in [0.05, 0.1) is 0 Å². The van der Waals surface area contributed by atoms with E-state index in [0.29, 0.717) is 5.71 Å². The molecule has 78 valence electrons.